The molecule has 0 saturated heterocycles. The van der Waals surface area contributed by atoms with E-state index in [1.807, 2.05) is 0 Å². The maximum atomic E-state index is 11.0. The van der Waals surface area contributed by atoms with Crippen molar-refractivity contribution >= 4 is 32.8 Å². The number of rotatable bonds is 2. The number of aromatic nitrogens is 1. The SMILES string of the molecule is CC(=O)Cc1cc(Br)c2[nH]c(=O)oc2c1. The first kappa shape index (κ1) is 10.2. The maximum Gasteiger partial charge on any atom is 0.417 e. The first-order chi connectivity index (χ1) is 7.06. The maximum absolute atomic E-state index is 11.0. The normalized spacial score (nSPS) is 10.8. The third-order valence-corrected chi connectivity index (χ3v) is 2.62. The van der Waals surface area contributed by atoms with Crippen molar-refractivity contribution in [2.24, 2.45) is 0 Å². The van der Waals surface area contributed by atoms with Gasteiger partial charge in [0.1, 0.15) is 11.3 Å². The summed E-state index contributed by atoms with van der Waals surface area (Å²) >= 11 is 3.31. The molecule has 2 rings (SSSR count). The molecule has 5 heteroatoms. The van der Waals surface area contributed by atoms with Crippen LogP contribution in [-0.4, -0.2) is 10.8 Å². The molecule has 1 aromatic heterocycles. The molecule has 2 aromatic rings. The molecule has 78 valence electrons. The minimum Gasteiger partial charge on any atom is -0.408 e. The van der Waals surface area contributed by atoms with E-state index >= 15 is 0 Å². The lowest BCUT2D eigenvalue weighted by molar-refractivity contribution is -0.116. The molecule has 0 spiro atoms. The summed E-state index contributed by atoms with van der Waals surface area (Å²) in [5.41, 5.74) is 1.91. The molecule has 0 aliphatic heterocycles. The van der Waals surface area contributed by atoms with Crippen molar-refractivity contribution in [2.45, 2.75) is 13.3 Å². The van der Waals surface area contributed by atoms with E-state index in [1.165, 1.54) is 6.92 Å². The standard InChI is InChI=1S/C10H8BrNO3/c1-5(13)2-6-3-7(11)9-8(4-6)15-10(14)12-9/h3-4H,2H2,1H3,(H,12,14). The number of hydrogen-bond acceptors (Lipinski definition) is 3. The van der Waals surface area contributed by atoms with E-state index in [1.54, 1.807) is 12.1 Å². The third-order valence-electron chi connectivity index (χ3n) is 2.00. The molecule has 0 saturated carbocycles. The molecule has 0 fully saturated rings. The van der Waals surface area contributed by atoms with Crippen LogP contribution in [0, 0.1) is 0 Å². The smallest absolute Gasteiger partial charge is 0.408 e. The van der Waals surface area contributed by atoms with Crippen LogP contribution in [0.5, 0.6) is 0 Å². The highest BCUT2D eigenvalue weighted by Crippen LogP contribution is 2.23. The number of halogens is 1. The Hall–Kier alpha value is -1.36. The summed E-state index contributed by atoms with van der Waals surface area (Å²) in [6, 6.07) is 3.49. The number of benzene rings is 1. The molecule has 0 amide bonds. The molecule has 1 heterocycles. The van der Waals surface area contributed by atoms with Gasteiger partial charge >= 0.3 is 5.76 Å². The Bertz CT molecular complexity index is 582. The summed E-state index contributed by atoms with van der Waals surface area (Å²) < 4.78 is 5.64. The average molecular weight is 270 g/mol. The zero-order valence-electron chi connectivity index (χ0n) is 7.96. The van der Waals surface area contributed by atoms with Gasteiger partial charge in [0.25, 0.3) is 0 Å². The Morgan fingerprint density at radius 1 is 1.53 bits per heavy atom. The molecule has 1 aromatic carbocycles. The van der Waals surface area contributed by atoms with Gasteiger partial charge < -0.3 is 4.42 Å². The number of oxazole rings is 1. The number of ketones is 1. The molecular weight excluding hydrogens is 262 g/mol. The van der Waals surface area contributed by atoms with E-state index < -0.39 is 5.76 Å². The van der Waals surface area contributed by atoms with Crippen molar-refractivity contribution in [3.05, 3.63) is 32.7 Å². The second-order valence-electron chi connectivity index (χ2n) is 3.34. The van der Waals surface area contributed by atoms with Crippen LogP contribution in [0.15, 0.2) is 25.8 Å². The molecule has 0 unspecified atom stereocenters. The zero-order chi connectivity index (χ0) is 11.0. The lowest BCUT2D eigenvalue weighted by atomic mass is 10.1. The molecule has 4 nitrogen and oxygen atoms in total. The van der Waals surface area contributed by atoms with Gasteiger partial charge in [-0.2, -0.15) is 0 Å². The Kier molecular flexibility index (Phi) is 2.48. The van der Waals surface area contributed by atoms with Gasteiger partial charge in [0.2, 0.25) is 0 Å². The summed E-state index contributed by atoms with van der Waals surface area (Å²) in [6.45, 7) is 1.52. The van der Waals surface area contributed by atoms with E-state index in [0.29, 0.717) is 17.5 Å². The minimum atomic E-state index is -0.495. The first-order valence-electron chi connectivity index (χ1n) is 4.37. The van der Waals surface area contributed by atoms with Gasteiger partial charge in [-0.1, -0.05) is 0 Å². The molecule has 0 radical (unpaired) electrons. The topological polar surface area (TPSA) is 63.1 Å². The van der Waals surface area contributed by atoms with Crippen LogP contribution in [0.4, 0.5) is 0 Å². The number of hydrogen-bond donors (Lipinski definition) is 1. The highest BCUT2D eigenvalue weighted by atomic mass is 79.9. The second-order valence-corrected chi connectivity index (χ2v) is 4.20. The highest BCUT2D eigenvalue weighted by Gasteiger charge is 2.08. The predicted octanol–water partition coefficient (Wildman–Crippen LogP) is 2.02. The Labute approximate surface area is 93.4 Å². The van der Waals surface area contributed by atoms with Gasteiger partial charge in [-0.05, 0) is 40.5 Å². The van der Waals surface area contributed by atoms with Gasteiger partial charge in [-0.3, -0.25) is 9.78 Å². The van der Waals surface area contributed by atoms with Crippen LogP contribution in [-0.2, 0) is 11.2 Å². The number of H-pyrrole nitrogens is 1. The van der Waals surface area contributed by atoms with Crippen LogP contribution >= 0.6 is 15.9 Å². The van der Waals surface area contributed by atoms with Crippen LogP contribution in [0.3, 0.4) is 0 Å². The Morgan fingerprint density at radius 3 is 2.93 bits per heavy atom. The Balaban J connectivity index is 2.61. The van der Waals surface area contributed by atoms with Gasteiger partial charge in [0.15, 0.2) is 5.58 Å². The summed E-state index contributed by atoms with van der Waals surface area (Å²) in [6.07, 6.45) is 0.337. The van der Waals surface area contributed by atoms with E-state index in [0.717, 1.165) is 10.0 Å². The minimum absolute atomic E-state index is 0.0686. The number of aromatic amines is 1. The van der Waals surface area contributed by atoms with Crippen molar-refractivity contribution < 1.29 is 9.21 Å². The van der Waals surface area contributed by atoms with Gasteiger partial charge in [-0.25, -0.2) is 4.79 Å². The number of fused-ring (bicyclic) bond motifs is 1. The van der Waals surface area contributed by atoms with E-state index in [2.05, 4.69) is 20.9 Å². The predicted molar refractivity (Wildman–Crippen MR) is 58.9 cm³/mol. The molecule has 0 aliphatic rings. The highest BCUT2D eigenvalue weighted by molar-refractivity contribution is 9.10. The van der Waals surface area contributed by atoms with E-state index in [-0.39, 0.29) is 5.78 Å². The van der Waals surface area contributed by atoms with Crippen molar-refractivity contribution in [1.82, 2.24) is 4.98 Å². The Morgan fingerprint density at radius 2 is 2.27 bits per heavy atom. The van der Waals surface area contributed by atoms with Crippen molar-refractivity contribution in [3.8, 4) is 0 Å². The fraction of sp³-hybridized carbons (Fsp3) is 0.200. The largest absolute Gasteiger partial charge is 0.417 e. The number of carbonyl (C=O) groups is 1. The van der Waals surface area contributed by atoms with Crippen molar-refractivity contribution in [1.29, 1.82) is 0 Å². The monoisotopic (exact) mass is 269 g/mol. The third kappa shape index (κ3) is 2.02. The van der Waals surface area contributed by atoms with E-state index in [4.69, 9.17) is 4.42 Å². The van der Waals surface area contributed by atoms with Crippen LogP contribution in [0.2, 0.25) is 0 Å². The van der Waals surface area contributed by atoms with Gasteiger partial charge in [0.05, 0.1) is 0 Å². The van der Waals surface area contributed by atoms with E-state index in [9.17, 15) is 9.59 Å². The zero-order valence-corrected chi connectivity index (χ0v) is 9.55. The number of carbonyl (C=O) groups excluding carboxylic acids is 1. The molecule has 0 bridgehead atoms. The summed E-state index contributed by atoms with van der Waals surface area (Å²) in [5, 5.41) is 0. The number of nitrogens with one attached hydrogen (secondary N) is 1. The van der Waals surface area contributed by atoms with Gasteiger partial charge in [-0.15, -0.1) is 0 Å². The van der Waals surface area contributed by atoms with Gasteiger partial charge in [0, 0.05) is 10.9 Å². The summed E-state index contributed by atoms with van der Waals surface area (Å²) in [5.74, 6) is -0.426. The lowest BCUT2D eigenvalue weighted by Crippen LogP contribution is -1.96. The van der Waals surface area contributed by atoms with Crippen LogP contribution in [0.25, 0.3) is 11.1 Å². The molecule has 15 heavy (non-hydrogen) atoms. The molecule has 0 atom stereocenters. The average Bonchev–Trinajstić information content (AvgIpc) is 2.44. The van der Waals surface area contributed by atoms with Crippen LogP contribution < -0.4 is 5.76 Å². The summed E-state index contributed by atoms with van der Waals surface area (Å²) in [7, 11) is 0. The van der Waals surface area contributed by atoms with Crippen molar-refractivity contribution in [3.63, 3.8) is 0 Å². The second kappa shape index (κ2) is 3.66. The van der Waals surface area contributed by atoms with Crippen molar-refractivity contribution in [2.75, 3.05) is 0 Å². The molecular formula is C10H8BrNO3. The fourth-order valence-corrected chi connectivity index (χ4v) is 2.04. The quantitative estimate of drug-likeness (QED) is 0.907. The lowest BCUT2D eigenvalue weighted by Gasteiger charge is -1.99. The molecule has 1 N–H and O–H groups in total. The molecule has 0 aliphatic carbocycles. The first-order valence-corrected chi connectivity index (χ1v) is 5.16. The fourth-order valence-electron chi connectivity index (χ4n) is 1.45. The van der Waals surface area contributed by atoms with Crippen LogP contribution in [0.1, 0.15) is 12.5 Å². The number of Topliss-reactive ketones (excluding diaryl/α,β-unsaturated/α-hetero) is 1. The summed E-state index contributed by atoms with van der Waals surface area (Å²) in [4.78, 5) is 24.5.